The number of benzene rings is 4. The van der Waals surface area contributed by atoms with Crippen LogP contribution in [0.4, 0.5) is 0 Å². The van der Waals surface area contributed by atoms with Crippen LogP contribution in [0.25, 0.3) is 58.8 Å². The lowest BCUT2D eigenvalue weighted by molar-refractivity contribution is 0.660. The van der Waals surface area contributed by atoms with Crippen LogP contribution in [-0.4, -0.2) is 4.86 Å². The molecule has 4 heteroatoms. The summed E-state index contributed by atoms with van der Waals surface area (Å²) in [5.74, 6) is 0. The number of hydrogen-bond donors (Lipinski definition) is 0. The number of thiophene rings is 1. The Bertz CT molecular complexity index is 1870. The Kier molecular flexibility index (Phi) is 4.94. The third kappa shape index (κ3) is 3.22. The van der Waals surface area contributed by atoms with Gasteiger partial charge in [0.15, 0.2) is 0 Å². The first-order valence-corrected chi connectivity index (χ1v) is 12.4. The van der Waals surface area contributed by atoms with E-state index in [4.69, 9.17) is 16.6 Å². The molecule has 0 unspecified atom stereocenters. The minimum atomic E-state index is -0.0269. The summed E-state index contributed by atoms with van der Waals surface area (Å²) >= 11 is 7.18. The Labute approximate surface area is 205 Å². The molecule has 164 valence electrons. The molecule has 0 radical (unpaired) electrons. The van der Waals surface area contributed by atoms with E-state index in [1.54, 1.807) is 11.3 Å². The van der Waals surface area contributed by atoms with Gasteiger partial charge in [0.25, 0.3) is 0 Å². The Morgan fingerprint density at radius 2 is 1.59 bits per heavy atom. The molecule has 0 spiro atoms. The van der Waals surface area contributed by atoms with Crippen molar-refractivity contribution in [2.45, 2.75) is 13.8 Å². The van der Waals surface area contributed by atoms with Gasteiger partial charge < -0.3 is 4.42 Å². The Morgan fingerprint density at radius 1 is 0.853 bits per heavy atom. The number of allylic oxidation sites excluding steroid dienone is 2. The minimum absolute atomic E-state index is 0.0269. The molecule has 0 amide bonds. The second-order valence-corrected chi connectivity index (χ2v) is 10.1. The quantitative estimate of drug-likeness (QED) is 0.145. The molecule has 4 aromatic carbocycles. The second-order valence-electron chi connectivity index (χ2n) is 8.39. The second kappa shape index (κ2) is 8.01. The normalized spacial score (nSPS) is 12.2. The first-order chi connectivity index (χ1) is 16.5. The Hall–Kier alpha value is -3.60. The minimum Gasteiger partial charge on any atom is -0.456 e. The van der Waals surface area contributed by atoms with Gasteiger partial charge in [-0.3, -0.25) is 4.79 Å². The van der Waals surface area contributed by atoms with Crippen LogP contribution in [-0.2, 0) is 0 Å². The first-order valence-electron chi connectivity index (χ1n) is 11.1. The van der Waals surface area contributed by atoms with Crippen LogP contribution >= 0.6 is 23.6 Å². The molecule has 2 aromatic heterocycles. The van der Waals surface area contributed by atoms with Gasteiger partial charge in [0.2, 0.25) is 5.43 Å². The third-order valence-electron chi connectivity index (χ3n) is 6.36. The van der Waals surface area contributed by atoms with Gasteiger partial charge in [-0.1, -0.05) is 66.8 Å². The summed E-state index contributed by atoms with van der Waals surface area (Å²) < 4.78 is 8.62. The SMILES string of the molecule is C/C=C(\C(C)=S)c1ccc2oc3ccc(-c4cccc5c4sc4ccccc45)cc3c(=O)c2c1. The van der Waals surface area contributed by atoms with Crippen molar-refractivity contribution in [3.05, 3.63) is 101 Å². The van der Waals surface area contributed by atoms with E-state index in [1.165, 1.54) is 20.2 Å². The molecule has 0 aliphatic rings. The van der Waals surface area contributed by atoms with E-state index in [9.17, 15) is 4.79 Å². The molecule has 0 saturated heterocycles. The summed E-state index contributed by atoms with van der Waals surface area (Å²) in [6, 6.07) is 26.5. The zero-order valence-electron chi connectivity index (χ0n) is 18.7. The highest BCUT2D eigenvalue weighted by Crippen LogP contribution is 2.40. The largest absolute Gasteiger partial charge is 0.456 e. The zero-order chi connectivity index (χ0) is 23.4. The lowest BCUT2D eigenvalue weighted by Crippen LogP contribution is -2.03. The molecule has 0 atom stereocenters. The van der Waals surface area contributed by atoms with Gasteiger partial charge >= 0.3 is 0 Å². The Balaban J connectivity index is 1.59. The predicted octanol–water partition coefficient (Wildman–Crippen LogP) is 8.77. The molecular formula is C30H20O2S2. The van der Waals surface area contributed by atoms with Crippen LogP contribution in [0.15, 0.2) is 94.2 Å². The number of hydrogen-bond acceptors (Lipinski definition) is 4. The topological polar surface area (TPSA) is 30.2 Å². The highest BCUT2D eigenvalue weighted by Gasteiger charge is 2.14. The van der Waals surface area contributed by atoms with Crippen LogP contribution < -0.4 is 5.43 Å². The van der Waals surface area contributed by atoms with Gasteiger partial charge in [0, 0.05) is 25.0 Å². The maximum Gasteiger partial charge on any atom is 0.200 e. The average Bonchev–Trinajstić information content (AvgIpc) is 3.23. The highest BCUT2D eigenvalue weighted by atomic mass is 32.1. The fourth-order valence-corrected chi connectivity index (χ4v) is 6.21. The van der Waals surface area contributed by atoms with Crippen molar-refractivity contribution >= 4 is 76.1 Å². The highest BCUT2D eigenvalue weighted by molar-refractivity contribution is 7.81. The summed E-state index contributed by atoms with van der Waals surface area (Å²) in [5.41, 5.74) is 5.17. The molecule has 34 heavy (non-hydrogen) atoms. The molecule has 0 fully saturated rings. The van der Waals surface area contributed by atoms with Crippen molar-refractivity contribution < 1.29 is 4.42 Å². The molecule has 2 heterocycles. The number of rotatable bonds is 3. The molecule has 0 aliphatic carbocycles. The molecule has 0 bridgehead atoms. The van der Waals surface area contributed by atoms with Crippen LogP contribution in [0.3, 0.4) is 0 Å². The van der Waals surface area contributed by atoms with Crippen molar-refractivity contribution in [1.29, 1.82) is 0 Å². The maximum atomic E-state index is 13.6. The van der Waals surface area contributed by atoms with Crippen molar-refractivity contribution in [2.75, 3.05) is 0 Å². The van der Waals surface area contributed by atoms with Gasteiger partial charge in [-0.15, -0.1) is 11.3 Å². The van der Waals surface area contributed by atoms with E-state index in [-0.39, 0.29) is 5.43 Å². The van der Waals surface area contributed by atoms with Gasteiger partial charge in [-0.05, 0) is 66.4 Å². The summed E-state index contributed by atoms with van der Waals surface area (Å²) in [6.07, 6.45) is 1.98. The van der Waals surface area contributed by atoms with Crippen molar-refractivity contribution in [3.8, 4) is 11.1 Å². The van der Waals surface area contributed by atoms with Crippen molar-refractivity contribution in [2.24, 2.45) is 0 Å². The monoisotopic (exact) mass is 476 g/mol. The van der Waals surface area contributed by atoms with Crippen molar-refractivity contribution in [3.63, 3.8) is 0 Å². The number of fused-ring (bicyclic) bond motifs is 5. The fraction of sp³-hybridized carbons (Fsp3) is 0.0667. The van der Waals surface area contributed by atoms with Crippen LogP contribution in [0.5, 0.6) is 0 Å². The molecule has 0 aliphatic heterocycles. The van der Waals surface area contributed by atoms with Gasteiger partial charge in [-0.2, -0.15) is 0 Å². The molecule has 6 rings (SSSR count). The summed E-state index contributed by atoms with van der Waals surface area (Å²) in [4.78, 5) is 14.4. The van der Waals surface area contributed by atoms with E-state index >= 15 is 0 Å². The molecule has 6 aromatic rings. The molecular weight excluding hydrogens is 456 g/mol. The van der Waals surface area contributed by atoms with Crippen LogP contribution in [0.2, 0.25) is 0 Å². The maximum absolute atomic E-state index is 13.6. The van der Waals surface area contributed by atoms with E-state index < -0.39 is 0 Å². The van der Waals surface area contributed by atoms with Gasteiger partial charge in [-0.25, -0.2) is 0 Å². The summed E-state index contributed by atoms with van der Waals surface area (Å²) in [5, 5.41) is 3.65. The van der Waals surface area contributed by atoms with Gasteiger partial charge in [0.05, 0.1) is 10.8 Å². The van der Waals surface area contributed by atoms with Crippen molar-refractivity contribution in [1.82, 2.24) is 0 Å². The third-order valence-corrected chi connectivity index (χ3v) is 7.80. The average molecular weight is 477 g/mol. The zero-order valence-corrected chi connectivity index (χ0v) is 20.3. The fourth-order valence-electron chi connectivity index (χ4n) is 4.74. The van der Waals surface area contributed by atoms with E-state index in [1.807, 2.05) is 56.3 Å². The van der Waals surface area contributed by atoms with Crippen LogP contribution in [0.1, 0.15) is 19.4 Å². The molecule has 0 saturated carbocycles. The summed E-state index contributed by atoms with van der Waals surface area (Å²) in [7, 11) is 0. The Morgan fingerprint density at radius 3 is 2.38 bits per heavy atom. The smallest absolute Gasteiger partial charge is 0.200 e. The lowest BCUT2D eigenvalue weighted by Gasteiger charge is -2.09. The lowest BCUT2D eigenvalue weighted by atomic mass is 9.99. The first kappa shape index (κ1) is 21.0. The standard InChI is InChI=1S/C30H20O2S2/c1-3-20(17(2)33)18-11-13-26-24(15-18)29(31)25-16-19(12-14-27(25)32-26)21-8-6-9-23-22-7-4-5-10-28(22)34-30(21)23/h3-16H,1-2H3/b20-3+. The van der Waals surface area contributed by atoms with E-state index in [2.05, 4.69) is 42.5 Å². The number of thiocarbonyl (C=S) groups is 1. The van der Waals surface area contributed by atoms with E-state index in [0.717, 1.165) is 27.1 Å². The molecule has 2 nitrogen and oxygen atoms in total. The van der Waals surface area contributed by atoms with Gasteiger partial charge in [0.1, 0.15) is 11.2 Å². The molecule has 0 N–H and O–H groups in total. The van der Waals surface area contributed by atoms with Crippen LogP contribution in [0, 0.1) is 0 Å². The summed E-state index contributed by atoms with van der Waals surface area (Å²) in [6.45, 7) is 3.86. The van der Waals surface area contributed by atoms with E-state index in [0.29, 0.717) is 21.9 Å². The predicted molar refractivity (Wildman–Crippen MR) is 150 cm³/mol.